The summed E-state index contributed by atoms with van der Waals surface area (Å²) < 4.78 is 5.80. The molecule has 1 amide bonds. The number of hydrogen-bond donors (Lipinski definition) is 1. The van der Waals surface area contributed by atoms with Gasteiger partial charge in [-0.3, -0.25) is 9.78 Å². The van der Waals surface area contributed by atoms with Crippen molar-refractivity contribution >= 4 is 16.8 Å². The first-order valence-corrected chi connectivity index (χ1v) is 7.05. The van der Waals surface area contributed by atoms with Crippen LogP contribution in [0.3, 0.4) is 0 Å². The number of pyridine rings is 1. The molecular formula is C18H16N2O2. The largest absolute Gasteiger partial charge is 0.489 e. The zero-order chi connectivity index (χ0) is 15.4. The smallest absolute Gasteiger partial charge is 0.251 e. The van der Waals surface area contributed by atoms with Gasteiger partial charge in [0, 0.05) is 29.8 Å². The Morgan fingerprint density at radius 2 is 1.86 bits per heavy atom. The van der Waals surface area contributed by atoms with Crippen molar-refractivity contribution < 1.29 is 9.53 Å². The monoisotopic (exact) mass is 292 g/mol. The highest BCUT2D eigenvalue weighted by molar-refractivity contribution is 5.94. The quantitative estimate of drug-likeness (QED) is 0.803. The predicted octanol–water partition coefficient (Wildman–Crippen LogP) is 3.17. The van der Waals surface area contributed by atoms with E-state index >= 15 is 0 Å². The SMILES string of the molecule is CNC(=O)c1ccc(OCc2cccc3cccnc23)cc1. The summed E-state index contributed by atoms with van der Waals surface area (Å²) in [7, 11) is 1.61. The number of para-hydroxylation sites is 1. The van der Waals surface area contributed by atoms with Crippen molar-refractivity contribution in [3.05, 3.63) is 71.9 Å². The van der Waals surface area contributed by atoms with E-state index in [4.69, 9.17) is 4.74 Å². The summed E-state index contributed by atoms with van der Waals surface area (Å²) in [5.74, 6) is 0.616. The molecule has 3 rings (SSSR count). The van der Waals surface area contributed by atoms with Gasteiger partial charge in [-0.15, -0.1) is 0 Å². The number of hydrogen-bond acceptors (Lipinski definition) is 3. The fraction of sp³-hybridized carbons (Fsp3) is 0.111. The lowest BCUT2D eigenvalue weighted by molar-refractivity contribution is 0.0963. The summed E-state index contributed by atoms with van der Waals surface area (Å²) in [6, 6.07) is 17.1. The highest BCUT2D eigenvalue weighted by Gasteiger charge is 2.05. The van der Waals surface area contributed by atoms with Gasteiger partial charge in [0.05, 0.1) is 5.52 Å². The van der Waals surface area contributed by atoms with Crippen LogP contribution in [0.15, 0.2) is 60.8 Å². The molecule has 4 nitrogen and oxygen atoms in total. The van der Waals surface area contributed by atoms with Gasteiger partial charge in [-0.05, 0) is 30.3 Å². The average molecular weight is 292 g/mol. The molecule has 0 saturated carbocycles. The second-order valence-electron chi connectivity index (χ2n) is 4.88. The second-order valence-corrected chi connectivity index (χ2v) is 4.88. The Labute approximate surface area is 128 Å². The van der Waals surface area contributed by atoms with Crippen LogP contribution >= 0.6 is 0 Å². The van der Waals surface area contributed by atoms with Crippen LogP contribution in [0.25, 0.3) is 10.9 Å². The third-order valence-corrected chi connectivity index (χ3v) is 3.45. The normalized spacial score (nSPS) is 10.4. The Bertz CT molecular complexity index is 792. The molecule has 0 fully saturated rings. The standard InChI is InChI=1S/C18H16N2O2/c1-19-18(21)14-7-9-16(10-8-14)22-12-15-5-2-4-13-6-3-11-20-17(13)15/h2-11H,12H2,1H3,(H,19,21). The number of aromatic nitrogens is 1. The van der Waals surface area contributed by atoms with Crippen LogP contribution in [0.2, 0.25) is 0 Å². The van der Waals surface area contributed by atoms with Gasteiger partial charge in [-0.2, -0.15) is 0 Å². The molecule has 2 aromatic carbocycles. The third-order valence-electron chi connectivity index (χ3n) is 3.45. The molecule has 1 heterocycles. The van der Waals surface area contributed by atoms with Crippen LogP contribution in [0, 0.1) is 0 Å². The molecule has 1 N–H and O–H groups in total. The van der Waals surface area contributed by atoms with Crippen LogP contribution in [-0.2, 0) is 6.61 Å². The molecule has 0 aliphatic heterocycles. The summed E-state index contributed by atoms with van der Waals surface area (Å²) >= 11 is 0. The fourth-order valence-corrected chi connectivity index (χ4v) is 2.29. The minimum atomic E-state index is -0.107. The molecule has 0 unspecified atom stereocenters. The summed E-state index contributed by atoms with van der Waals surface area (Å²) in [6.45, 7) is 0.438. The number of amides is 1. The van der Waals surface area contributed by atoms with Gasteiger partial charge in [-0.25, -0.2) is 0 Å². The molecular weight excluding hydrogens is 276 g/mol. The van der Waals surface area contributed by atoms with Gasteiger partial charge in [-0.1, -0.05) is 24.3 Å². The average Bonchev–Trinajstić information content (AvgIpc) is 2.59. The van der Waals surface area contributed by atoms with Gasteiger partial charge in [0.1, 0.15) is 12.4 Å². The lowest BCUT2D eigenvalue weighted by Crippen LogP contribution is -2.17. The fourth-order valence-electron chi connectivity index (χ4n) is 2.29. The van der Waals surface area contributed by atoms with Crippen molar-refractivity contribution in [3.63, 3.8) is 0 Å². The Hall–Kier alpha value is -2.88. The van der Waals surface area contributed by atoms with E-state index in [9.17, 15) is 4.79 Å². The molecule has 0 aliphatic rings. The number of carbonyl (C=O) groups is 1. The highest BCUT2D eigenvalue weighted by Crippen LogP contribution is 2.19. The van der Waals surface area contributed by atoms with Crippen LogP contribution in [-0.4, -0.2) is 17.9 Å². The lowest BCUT2D eigenvalue weighted by atomic mass is 10.1. The van der Waals surface area contributed by atoms with Crippen molar-refractivity contribution in [2.24, 2.45) is 0 Å². The first-order chi connectivity index (χ1) is 10.8. The number of fused-ring (bicyclic) bond motifs is 1. The number of ether oxygens (including phenoxy) is 1. The Morgan fingerprint density at radius 1 is 1.09 bits per heavy atom. The summed E-state index contributed by atoms with van der Waals surface area (Å²) in [5.41, 5.74) is 2.60. The van der Waals surface area contributed by atoms with Gasteiger partial charge in [0.15, 0.2) is 0 Å². The number of benzene rings is 2. The molecule has 0 aliphatic carbocycles. The van der Waals surface area contributed by atoms with E-state index in [-0.39, 0.29) is 5.91 Å². The summed E-state index contributed by atoms with van der Waals surface area (Å²) in [4.78, 5) is 15.9. The number of nitrogens with zero attached hydrogens (tertiary/aromatic N) is 1. The van der Waals surface area contributed by atoms with E-state index in [2.05, 4.69) is 10.3 Å². The number of rotatable bonds is 4. The van der Waals surface area contributed by atoms with Gasteiger partial charge < -0.3 is 10.1 Å². The molecule has 110 valence electrons. The molecule has 1 aromatic heterocycles. The van der Waals surface area contributed by atoms with Crippen LogP contribution in [0.4, 0.5) is 0 Å². The maximum absolute atomic E-state index is 11.5. The molecule has 22 heavy (non-hydrogen) atoms. The van der Waals surface area contributed by atoms with Crippen LogP contribution in [0.1, 0.15) is 15.9 Å². The first kappa shape index (κ1) is 14.1. The zero-order valence-corrected chi connectivity index (χ0v) is 12.2. The van der Waals surface area contributed by atoms with E-state index < -0.39 is 0 Å². The minimum Gasteiger partial charge on any atom is -0.489 e. The Balaban J connectivity index is 1.75. The Morgan fingerprint density at radius 3 is 2.64 bits per heavy atom. The number of carbonyl (C=O) groups excluding carboxylic acids is 1. The van der Waals surface area contributed by atoms with E-state index in [0.29, 0.717) is 12.2 Å². The highest BCUT2D eigenvalue weighted by atomic mass is 16.5. The van der Waals surface area contributed by atoms with Crippen LogP contribution in [0.5, 0.6) is 5.75 Å². The van der Waals surface area contributed by atoms with E-state index in [1.807, 2.05) is 30.3 Å². The zero-order valence-electron chi connectivity index (χ0n) is 12.2. The molecule has 0 radical (unpaired) electrons. The lowest BCUT2D eigenvalue weighted by Gasteiger charge is -2.09. The molecule has 3 aromatic rings. The van der Waals surface area contributed by atoms with E-state index in [1.54, 1.807) is 37.5 Å². The molecule has 0 bridgehead atoms. The predicted molar refractivity (Wildman–Crippen MR) is 85.9 cm³/mol. The van der Waals surface area contributed by atoms with Gasteiger partial charge >= 0.3 is 0 Å². The van der Waals surface area contributed by atoms with Crippen molar-refractivity contribution in [2.75, 3.05) is 7.05 Å². The molecule has 4 heteroatoms. The van der Waals surface area contributed by atoms with Crippen molar-refractivity contribution in [2.45, 2.75) is 6.61 Å². The Kier molecular flexibility index (Phi) is 4.01. The molecule has 0 atom stereocenters. The summed E-state index contributed by atoms with van der Waals surface area (Å²) in [5, 5.41) is 3.69. The summed E-state index contributed by atoms with van der Waals surface area (Å²) in [6.07, 6.45) is 1.78. The molecule has 0 saturated heterocycles. The first-order valence-electron chi connectivity index (χ1n) is 7.05. The van der Waals surface area contributed by atoms with Crippen molar-refractivity contribution in [1.29, 1.82) is 0 Å². The van der Waals surface area contributed by atoms with E-state index in [0.717, 1.165) is 22.2 Å². The van der Waals surface area contributed by atoms with Crippen LogP contribution < -0.4 is 10.1 Å². The van der Waals surface area contributed by atoms with E-state index in [1.165, 1.54) is 0 Å². The van der Waals surface area contributed by atoms with Gasteiger partial charge in [0.2, 0.25) is 0 Å². The minimum absolute atomic E-state index is 0.107. The topological polar surface area (TPSA) is 51.2 Å². The van der Waals surface area contributed by atoms with Crippen molar-refractivity contribution in [3.8, 4) is 5.75 Å². The maximum Gasteiger partial charge on any atom is 0.251 e. The maximum atomic E-state index is 11.5. The number of nitrogens with one attached hydrogen (secondary N) is 1. The van der Waals surface area contributed by atoms with Gasteiger partial charge in [0.25, 0.3) is 5.91 Å². The molecule has 0 spiro atoms. The second kappa shape index (κ2) is 6.26. The third kappa shape index (κ3) is 2.91. The van der Waals surface area contributed by atoms with Crippen molar-refractivity contribution in [1.82, 2.24) is 10.3 Å².